The Bertz CT molecular complexity index is 574. The van der Waals surface area contributed by atoms with E-state index in [2.05, 4.69) is 10.2 Å². The summed E-state index contributed by atoms with van der Waals surface area (Å²) in [5.41, 5.74) is 8.52. The molecule has 0 atom stereocenters. The van der Waals surface area contributed by atoms with Crippen LogP contribution in [-0.2, 0) is 0 Å². The number of anilines is 2. The summed E-state index contributed by atoms with van der Waals surface area (Å²) in [6.07, 6.45) is 0. The highest BCUT2D eigenvalue weighted by molar-refractivity contribution is 5.97. The van der Waals surface area contributed by atoms with Crippen LogP contribution in [0.2, 0.25) is 0 Å². The van der Waals surface area contributed by atoms with Gasteiger partial charge in [-0.3, -0.25) is 0 Å². The van der Waals surface area contributed by atoms with Gasteiger partial charge in [0.15, 0.2) is 0 Å². The number of rotatable bonds is 3. The highest BCUT2D eigenvalue weighted by Crippen LogP contribution is 2.25. The Morgan fingerprint density at radius 2 is 1.42 bits per heavy atom. The summed E-state index contributed by atoms with van der Waals surface area (Å²) in [6, 6.07) is 20.6. The lowest BCUT2D eigenvalue weighted by molar-refractivity contribution is 1.06. The fourth-order valence-electron chi connectivity index (χ4n) is 1.57. The van der Waals surface area contributed by atoms with Crippen molar-refractivity contribution in [2.24, 2.45) is 10.2 Å². The number of para-hydroxylation sites is 2. The first-order valence-electron chi connectivity index (χ1n) is 5.61. The van der Waals surface area contributed by atoms with E-state index >= 15 is 0 Å². The molecule has 0 spiro atoms. The molecule has 1 N–H and O–H groups in total. The summed E-state index contributed by atoms with van der Waals surface area (Å²) in [6.45, 7) is 0. The molecule has 0 bridgehead atoms. The molecule has 0 unspecified atom stereocenters. The molecule has 0 amide bonds. The van der Waals surface area contributed by atoms with Crippen LogP contribution in [0.1, 0.15) is 0 Å². The van der Waals surface area contributed by atoms with E-state index in [9.17, 15) is 0 Å². The van der Waals surface area contributed by atoms with Crippen LogP contribution in [0.5, 0.6) is 0 Å². The highest BCUT2D eigenvalue weighted by atomic mass is 15.5. The van der Waals surface area contributed by atoms with Crippen LogP contribution in [-0.4, -0.2) is 5.84 Å². The zero-order chi connectivity index (χ0) is 13.5. The predicted octanol–water partition coefficient (Wildman–Crippen LogP) is 3.69. The van der Waals surface area contributed by atoms with Crippen LogP contribution in [0.15, 0.2) is 70.9 Å². The van der Waals surface area contributed by atoms with Crippen molar-refractivity contribution < 1.29 is 0 Å². The Kier molecular flexibility index (Phi) is 3.98. The standard InChI is InChI=1S/C14H11N5/c15-11-14(17-16)18-19(12-7-3-1-4-8-12)13-9-5-2-6-10-13/h1-10,16H. The molecule has 0 heterocycles. The molecule has 0 aliphatic heterocycles. The maximum atomic E-state index is 8.85. The molecule has 0 fully saturated rings. The lowest BCUT2D eigenvalue weighted by Crippen LogP contribution is -2.11. The van der Waals surface area contributed by atoms with E-state index in [0.717, 1.165) is 11.4 Å². The zero-order valence-electron chi connectivity index (χ0n) is 10.1. The highest BCUT2D eigenvalue weighted by Gasteiger charge is 2.08. The smallest absolute Gasteiger partial charge is 0.231 e. The largest absolute Gasteiger partial charge is 0.270 e. The molecule has 0 aliphatic carbocycles. The molecule has 2 aromatic carbocycles. The summed E-state index contributed by atoms with van der Waals surface area (Å²) in [4.78, 5) is 0. The molecule has 92 valence electrons. The third-order valence-corrected chi connectivity index (χ3v) is 2.40. The van der Waals surface area contributed by atoms with Crippen molar-refractivity contribution in [2.75, 3.05) is 5.01 Å². The maximum absolute atomic E-state index is 8.85. The van der Waals surface area contributed by atoms with Gasteiger partial charge in [0, 0.05) is 0 Å². The fraction of sp³-hybridized carbons (Fsp3) is 0. The number of nitriles is 1. The van der Waals surface area contributed by atoms with E-state index in [4.69, 9.17) is 10.8 Å². The number of nitrogens with one attached hydrogen (secondary N) is 1. The number of amidine groups is 1. The fourth-order valence-corrected chi connectivity index (χ4v) is 1.57. The van der Waals surface area contributed by atoms with Crippen LogP contribution < -0.4 is 5.01 Å². The Morgan fingerprint density at radius 1 is 0.947 bits per heavy atom. The van der Waals surface area contributed by atoms with Gasteiger partial charge in [0.2, 0.25) is 0 Å². The summed E-state index contributed by atoms with van der Waals surface area (Å²) in [5, 5.41) is 17.6. The first-order valence-corrected chi connectivity index (χ1v) is 5.61. The molecule has 0 aromatic heterocycles. The van der Waals surface area contributed by atoms with Gasteiger partial charge in [0.1, 0.15) is 6.07 Å². The molecule has 5 nitrogen and oxygen atoms in total. The third-order valence-electron chi connectivity index (χ3n) is 2.40. The summed E-state index contributed by atoms with van der Waals surface area (Å²) in [5.74, 6) is -0.201. The van der Waals surface area contributed by atoms with Crippen LogP contribution >= 0.6 is 0 Å². The Morgan fingerprint density at radius 3 is 1.79 bits per heavy atom. The number of benzene rings is 2. The van der Waals surface area contributed by atoms with Gasteiger partial charge >= 0.3 is 0 Å². The monoisotopic (exact) mass is 249 g/mol. The van der Waals surface area contributed by atoms with Crippen molar-refractivity contribution in [3.8, 4) is 6.07 Å². The van der Waals surface area contributed by atoms with Crippen molar-refractivity contribution in [1.82, 2.24) is 0 Å². The number of hydrogen-bond acceptors (Lipinski definition) is 4. The van der Waals surface area contributed by atoms with Crippen LogP contribution in [0, 0.1) is 16.9 Å². The molecule has 2 rings (SSSR count). The van der Waals surface area contributed by atoms with Gasteiger partial charge in [-0.15, -0.1) is 10.2 Å². The van der Waals surface area contributed by atoms with E-state index in [0.29, 0.717) is 0 Å². The summed E-state index contributed by atoms with van der Waals surface area (Å²) >= 11 is 0. The second kappa shape index (κ2) is 6.07. The van der Waals surface area contributed by atoms with E-state index < -0.39 is 0 Å². The Labute approximate surface area is 110 Å². The van der Waals surface area contributed by atoms with Crippen LogP contribution in [0.25, 0.3) is 0 Å². The second-order valence-corrected chi connectivity index (χ2v) is 3.63. The molecule has 2 aromatic rings. The van der Waals surface area contributed by atoms with E-state index in [1.54, 1.807) is 11.1 Å². The lowest BCUT2D eigenvalue weighted by Gasteiger charge is -2.18. The van der Waals surface area contributed by atoms with Crippen LogP contribution in [0.3, 0.4) is 0 Å². The molecular weight excluding hydrogens is 238 g/mol. The van der Waals surface area contributed by atoms with Gasteiger partial charge in [0.05, 0.1) is 11.4 Å². The lowest BCUT2D eigenvalue weighted by atomic mass is 10.2. The quantitative estimate of drug-likeness (QED) is 0.390. The average Bonchev–Trinajstić information content (AvgIpc) is 2.50. The number of hydrogen-bond donors (Lipinski definition) is 1. The van der Waals surface area contributed by atoms with Gasteiger partial charge in [-0.2, -0.15) is 5.26 Å². The van der Waals surface area contributed by atoms with E-state index in [1.807, 2.05) is 60.7 Å². The summed E-state index contributed by atoms with van der Waals surface area (Å²) in [7, 11) is 0. The third kappa shape index (κ3) is 3.01. The minimum atomic E-state index is -0.201. The minimum Gasteiger partial charge on any atom is -0.231 e. The van der Waals surface area contributed by atoms with Gasteiger partial charge in [-0.25, -0.2) is 10.5 Å². The second-order valence-electron chi connectivity index (χ2n) is 3.63. The van der Waals surface area contributed by atoms with Crippen molar-refractivity contribution in [1.29, 1.82) is 10.8 Å². The molecule has 5 heteroatoms. The van der Waals surface area contributed by atoms with Crippen molar-refractivity contribution in [2.45, 2.75) is 0 Å². The van der Waals surface area contributed by atoms with Crippen molar-refractivity contribution >= 4 is 17.2 Å². The molecule has 19 heavy (non-hydrogen) atoms. The first-order chi connectivity index (χ1) is 9.35. The molecule has 0 radical (unpaired) electrons. The van der Waals surface area contributed by atoms with Gasteiger partial charge in [-0.1, -0.05) is 36.4 Å². The van der Waals surface area contributed by atoms with E-state index in [1.165, 1.54) is 0 Å². The Hall–Kier alpha value is -3.00. The maximum Gasteiger partial charge on any atom is 0.270 e. The Balaban J connectivity index is 2.49. The first kappa shape index (κ1) is 12.5. The van der Waals surface area contributed by atoms with Crippen molar-refractivity contribution in [3.63, 3.8) is 0 Å². The van der Waals surface area contributed by atoms with Gasteiger partial charge < -0.3 is 0 Å². The zero-order valence-corrected chi connectivity index (χ0v) is 10.1. The van der Waals surface area contributed by atoms with Gasteiger partial charge in [0.25, 0.3) is 5.84 Å². The summed E-state index contributed by atoms with van der Waals surface area (Å²) < 4.78 is 0. The number of hydrazone groups is 1. The molecular formula is C14H11N5. The van der Waals surface area contributed by atoms with Gasteiger partial charge in [-0.05, 0) is 24.3 Å². The van der Waals surface area contributed by atoms with Crippen LogP contribution in [0.4, 0.5) is 11.4 Å². The number of nitrogens with zero attached hydrogens (tertiary/aromatic N) is 4. The SMILES string of the molecule is N#CC(N=N)=NN(c1ccccc1)c1ccccc1. The van der Waals surface area contributed by atoms with E-state index in [-0.39, 0.29) is 5.84 Å². The molecule has 0 aliphatic rings. The molecule has 0 saturated heterocycles. The average molecular weight is 249 g/mol. The topological polar surface area (TPSA) is 75.6 Å². The normalized spacial score (nSPS) is 10.6. The molecule has 0 saturated carbocycles. The van der Waals surface area contributed by atoms with Crippen molar-refractivity contribution in [3.05, 3.63) is 60.7 Å². The minimum absolute atomic E-state index is 0.201. The predicted molar refractivity (Wildman–Crippen MR) is 73.2 cm³/mol.